The molecule has 19 heavy (non-hydrogen) atoms. The SMILES string of the molecule is CCOCO[Si](OC)(OC)C(F)(F)C(F)C(F)(F)F. The van der Waals surface area contributed by atoms with Crippen LogP contribution in [0.25, 0.3) is 0 Å². The third-order valence-corrected chi connectivity index (χ3v) is 4.73. The minimum absolute atomic E-state index is 0.0573. The summed E-state index contributed by atoms with van der Waals surface area (Å²) >= 11 is 0. The Morgan fingerprint density at radius 3 is 1.84 bits per heavy atom. The molecule has 1 unspecified atom stereocenters. The van der Waals surface area contributed by atoms with Crippen molar-refractivity contribution in [2.75, 3.05) is 27.6 Å². The molecule has 0 saturated heterocycles. The van der Waals surface area contributed by atoms with Crippen LogP contribution in [0.15, 0.2) is 0 Å². The van der Waals surface area contributed by atoms with Gasteiger partial charge in [-0.05, 0) is 6.92 Å². The second-order valence-electron chi connectivity index (χ2n) is 3.25. The molecule has 4 nitrogen and oxygen atoms in total. The summed E-state index contributed by atoms with van der Waals surface area (Å²) in [5.41, 5.74) is -4.99. The summed E-state index contributed by atoms with van der Waals surface area (Å²) in [5.74, 6) is 0. The van der Waals surface area contributed by atoms with Gasteiger partial charge in [-0.3, -0.25) is 0 Å². The van der Waals surface area contributed by atoms with Crippen LogP contribution in [0.4, 0.5) is 26.3 Å². The van der Waals surface area contributed by atoms with Crippen LogP contribution in [0.2, 0.25) is 0 Å². The van der Waals surface area contributed by atoms with E-state index in [1.807, 2.05) is 0 Å². The maximum absolute atomic E-state index is 13.6. The van der Waals surface area contributed by atoms with Crippen LogP contribution in [-0.2, 0) is 18.0 Å². The van der Waals surface area contributed by atoms with E-state index in [1.165, 1.54) is 6.92 Å². The Kier molecular flexibility index (Phi) is 6.75. The Morgan fingerprint density at radius 1 is 1.05 bits per heavy atom. The van der Waals surface area contributed by atoms with E-state index in [1.54, 1.807) is 0 Å². The molecule has 0 aromatic heterocycles. The van der Waals surface area contributed by atoms with Crippen molar-refractivity contribution in [2.45, 2.75) is 24.8 Å². The normalized spacial score (nSPS) is 15.6. The van der Waals surface area contributed by atoms with Gasteiger partial charge in [-0.15, -0.1) is 0 Å². The van der Waals surface area contributed by atoms with E-state index >= 15 is 0 Å². The topological polar surface area (TPSA) is 36.9 Å². The molecular formula is C8H14F6O4Si. The minimum Gasteiger partial charge on any atom is -0.373 e. The van der Waals surface area contributed by atoms with E-state index in [2.05, 4.69) is 18.0 Å². The van der Waals surface area contributed by atoms with Gasteiger partial charge in [0.25, 0.3) is 6.17 Å². The first kappa shape index (κ1) is 18.6. The summed E-state index contributed by atoms with van der Waals surface area (Å²) in [7, 11) is -3.93. The largest absolute Gasteiger partial charge is 0.579 e. The molecule has 116 valence electrons. The third-order valence-electron chi connectivity index (χ3n) is 2.09. The van der Waals surface area contributed by atoms with Crippen LogP contribution in [0.3, 0.4) is 0 Å². The number of hydrogen-bond acceptors (Lipinski definition) is 4. The Morgan fingerprint density at radius 2 is 1.53 bits per heavy atom. The summed E-state index contributed by atoms with van der Waals surface area (Å²) in [5, 5.41) is 0. The van der Waals surface area contributed by atoms with Crippen molar-refractivity contribution in [2.24, 2.45) is 0 Å². The molecule has 0 aliphatic carbocycles. The molecule has 0 aliphatic heterocycles. The van der Waals surface area contributed by atoms with Gasteiger partial charge in [-0.25, -0.2) is 4.39 Å². The second kappa shape index (κ2) is 6.88. The number of hydrogen-bond donors (Lipinski definition) is 0. The van der Waals surface area contributed by atoms with Crippen LogP contribution in [0, 0.1) is 0 Å². The molecule has 0 aliphatic rings. The minimum atomic E-state index is -5.77. The lowest BCUT2D eigenvalue weighted by molar-refractivity contribution is -0.239. The molecule has 0 spiro atoms. The van der Waals surface area contributed by atoms with Crippen LogP contribution < -0.4 is 0 Å². The summed E-state index contributed by atoms with van der Waals surface area (Å²) in [4.78, 5) is 0. The average molecular weight is 316 g/mol. The monoisotopic (exact) mass is 316 g/mol. The first-order valence-corrected chi connectivity index (χ1v) is 6.72. The fraction of sp³-hybridized carbons (Fsp3) is 1.00. The van der Waals surface area contributed by atoms with Crippen molar-refractivity contribution in [3.05, 3.63) is 0 Å². The van der Waals surface area contributed by atoms with E-state index in [0.717, 1.165) is 0 Å². The van der Waals surface area contributed by atoms with Gasteiger partial charge in [0.1, 0.15) is 6.79 Å². The van der Waals surface area contributed by atoms with Gasteiger partial charge in [0.2, 0.25) is 0 Å². The highest BCUT2D eigenvalue weighted by molar-refractivity contribution is 6.63. The Bertz CT molecular complexity index is 270. The van der Waals surface area contributed by atoms with Gasteiger partial charge in [0.15, 0.2) is 0 Å². The highest BCUT2D eigenvalue weighted by Crippen LogP contribution is 2.41. The second-order valence-corrected chi connectivity index (χ2v) is 6.13. The molecule has 0 saturated carbocycles. The molecule has 0 aromatic carbocycles. The standard InChI is InChI=1S/C8H14F6O4Si/c1-4-17-5-18-19(15-2,16-3)8(13,14)6(9)7(10,11)12/h6H,4-5H2,1-3H3. The van der Waals surface area contributed by atoms with Crippen LogP contribution in [0.1, 0.15) is 6.92 Å². The maximum Gasteiger partial charge on any atom is 0.579 e. The predicted octanol–water partition coefficient (Wildman–Crippen LogP) is 2.30. The van der Waals surface area contributed by atoms with Crippen molar-refractivity contribution in [3.63, 3.8) is 0 Å². The fourth-order valence-corrected chi connectivity index (χ4v) is 2.98. The number of ether oxygens (including phenoxy) is 1. The van der Waals surface area contributed by atoms with E-state index < -0.39 is 33.5 Å². The van der Waals surface area contributed by atoms with E-state index in [0.29, 0.717) is 14.2 Å². The summed E-state index contributed by atoms with van der Waals surface area (Å²) in [6.07, 6.45) is -10.2. The average Bonchev–Trinajstić information content (AvgIpc) is 2.32. The highest BCUT2D eigenvalue weighted by atomic mass is 28.4. The Hall–Kier alpha value is -0.363. The molecule has 0 rings (SSSR count). The van der Waals surface area contributed by atoms with Crippen molar-refractivity contribution >= 4 is 8.80 Å². The zero-order valence-corrected chi connectivity index (χ0v) is 11.4. The molecule has 1 atom stereocenters. The predicted molar refractivity (Wildman–Crippen MR) is 53.2 cm³/mol. The molecule has 11 heteroatoms. The van der Waals surface area contributed by atoms with Crippen LogP contribution in [0.5, 0.6) is 0 Å². The third kappa shape index (κ3) is 4.05. The molecule has 0 N–H and O–H groups in total. The van der Waals surface area contributed by atoms with Crippen molar-refractivity contribution in [1.82, 2.24) is 0 Å². The fourth-order valence-electron chi connectivity index (χ4n) is 1.13. The van der Waals surface area contributed by atoms with Crippen molar-refractivity contribution in [3.8, 4) is 0 Å². The van der Waals surface area contributed by atoms with Crippen molar-refractivity contribution in [1.29, 1.82) is 0 Å². The maximum atomic E-state index is 13.6. The first-order chi connectivity index (χ1) is 8.59. The van der Waals surface area contributed by atoms with Gasteiger partial charge in [-0.2, -0.15) is 22.0 Å². The van der Waals surface area contributed by atoms with Gasteiger partial charge >= 0.3 is 20.5 Å². The Balaban J connectivity index is 5.23. The first-order valence-electron chi connectivity index (χ1n) is 4.99. The Labute approximate surface area is 106 Å². The quantitative estimate of drug-likeness (QED) is 0.298. The lowest BCUT2D eigenvalue weighted by Gasteiger charge is -2.34. The van der Waals surface area contributed by atoms with Crippen molar-refractivity contribution < 1.29 is 44.4 Å². The van der Waals surface area contributed by atoms with Gasteiger partial charge in [0.05, 0.1) is 0 Å². The number of halogens is 6. The van der Waals surface area contributed by atoms with E-state index in [9.17, 15) is 26.3 Å². The van der Waals surface area contributed by atoms with E-state index in [-0.39, 0.29) is 6.61 Å². The molecule has 0 heterocycles. The van der Waals surface area contributed by atoms with Gasteiger partial charge in [-0.1, -0.05) is 0 Å². The molecular weight excluding hydrogens is 302 g/mol. The smallest absolute Gasteiger partial charge is 0.373 e. The molecule has 0 bridgehead atoms. The summed E-state index contributed by atoms with van der Waals surface area (Å²) in [6, 6.07) is 0. The molecule has 0 aromatic rings. The van der Waals surface area contributed by atoms with Gasteiger partial charge in [0, 0.05) is 20.8 Å². The highest BCUT2D eigenvalue weighted by Gasteiger charge is 2.74. The zero-order valence-electron chi connectivity index (χ0n) is 10.4. The number of rotatable bonds is 8. The van der Waals surface area contributed by atoms with Crippen LogP contribution in [-0.4, -0.2) is 54.3 Å². The lowest BCUT2D eigenvalue weighted by atomic mass is 10.4. The zero-order chi connectivity index (χ0) is 15.3. The molecule has 0 fully saturated rings. The summed E-state index contributed by atoms with van der Waals surface area (Å²) in [6.45, 7) is 0.754. The molecule has 0 radical (unpaired) electrons. The molecule has 0 amide bonds. The van der Waals surface area contributed by atoms with Gasteiger partial charge < -0.3 is 18.0 Å². The van der Waals surface area contributed by atoms with Crippen LogP contribution >= 0.6 is 0 Å². The lowest BCUT2D eigenvalue weighted by Crippen LogP contribution is -2.66. The number of alkyl halides is 6. The summed E-state index contributed by atoms with van der Waals surface area (Å²) < 4.78 is 93.9. The van der Waals surface area contributed by atoms with E-state index in [4.69, 9.17) is 0 Å².